The summed E-state index contributed by atoms with van der Waals surface area (Å²) >= 11 is 0. The Bertz CT molecular complexity index is 1130. The molecule has 2 aromatic carbocycles. The van der Waals surface area contributed by atoms with Gasteiger partial charge in [-0.15, -0.1) is 10.2 Å². The average molecular weight is 358 g/mol. The van der Waals surface area contributed by atoms with Crippen LogP contribution in [-0.4, -0.2) is 30.2 Å². The maximum atomic E-state index is 12.2. The van der Waals surface area contributed by atoms with E-state index >= 15 is 0 Å². The van der Waals surface area contributed by atoms with Crippen LogP contribution in [0.2, 0.25) is 0 Å². The second-order valence-electron chi connectivity index (χ2n) is 6.35. The van der Waals surface area contributed by atoms with Crippen molar-refractivity contribution in [2.75, 3.05) is 0 Å². The normalized spacial score (nSPS) is 10.9. The third-order valence-corrected chi connectivity index (χ3v) is 4.45. The lowest BCUT2D eigenvalue weighted by Crippen LogP contribution is -2.24. The van der Waals surface area contributed by atoms with Gasteiger partial charge in [0.15, 0.2) is 0 Å². The summed E-state index contributed by atoms with van der Waals surface area (Å²) in [5.74, 6) is 1.27. The number of aryl methyl sites for hydroxylation is 2. The largest absolute Gasteiger partial charge is 0.292 e. The molecule has 0 saturated carbocycles. The number of nitrogens with zero attached hydrogens (tertiary/aromatic N) is 5. The maximum absolute atomic E-state index is 12.2. The summed E-state index contributed by atoms with van der Waals surface area (Å²) in [5.41, 5.74) is 4.72. The fraction of sp³-hybridized carbons (Fsp3) is 0.150. The number of H-pyrrole nitrogens is 1. The minimum Gasteiger partial charge on any atom is -0.292 e. The average Bonchev–Trinajstić information content (AvgIpc) is 3.20. The molecule has 7 nitrogen and oxygen atoms in total. The van der Waals surface area contributed by atoms with Crippen molar-refractivity contribution in [1.82, 2.24) is 30.2 Å². The number of hydrogen-bond acceptors (Lipinski definition) is 5. The Hall–Kier alpha value is -3.61. The van der Waals surface area contributed by atoms with Gasteiger partial charge in [0.1, 0.15) is 5.82 Å². The molecule has 4 rings (SSSR count). The van der Waals surface area contributed by atoms with E-state index in [-0.39, 0.29) is 5.56 Å². The molecule has 2 heterocycles. The van der Waals surface area contributed by atoms with Crippen LogP contribution in [0.1, 0.15) is 17.1 Å². The summed E-state index contributed by atoms with van der Waals surface area (Å²) in [6, 6.07) is 17.6. The Morgan fingerprint density at radius 2 is 1.74 bits per heavy atom. The van der Waals surface area contributed by atoms with E-state index in [1.807, 2.05) is 62.4 Å². The number of benzene rings is 2. The zero-order valence-electron chi connectivity index (χ0n) is 15.0. The van der Waals surface area contributed by atoms with Gasteiger partial charge in [0.2, 0.25) is 5.82 Å². The predicted molar refractivity (Wildman–Crippen MR) is 102 cm³/mol. The van der Waals surface area contributed by atoms with Crippen molar-refractivity contribution in [2.45, 2.75) is 20.4 Å². The number of rotatable bonds is 4. The topological polar surface area (TPSA) is 89.4 Å². The predicted octanol–water partition coefficient (Wildman–Crippen LogP) is 2.76. The molecular formula is C20H18N6O. The number of aromatic amines is 1. The molecule has 0 radical (unpaired) electrons. The van der Waals surface area contributed by atoms with Gasteiger partial charge in [-0.3, -0.25) is 9.36 Å². The summed E-state index contributed by atoms with van der Waals surface area (Å²) in [4.78, 5) is 16.6. The highest BCUT2D eigenvalue weighted by Crippen LogP contribution is 2.29. The van der Waals surface area contributed by atoms with E-state index in [2.05, 4.69) is 25.6 Å². The Balaban J connectivity index is 1.66. The van der Waals surface area contributed by atoms with E-state index < -0.39 is 0 Å². The number of tetrazole rings is 1. The lowest BCUT2D eigenvalue weighted by atomic mass is 9.98. The van der Waals surface area contributed by atoms with Crippen molar-refractivity contribution >= 4 is 0 Å². The third-order valence-electron chi connectivity index (χ3n) is 4.45. The summed E-state index contributed by atoms with van der Waals surface area (Å²) in [7, 11) is 0. The molecule has 0 aliphatic rings. The van der Waals surface area contributed by atoms with E-state index in [4.69, 9.17) is 0 Å². The van der Waals surface area contributed by atoms with Crippen LogP contribution >= 0.6 is 0 Å². The second kappa shape index (κ2) is 6.95. The summed E-state index contributed by atoms with van der Waals surface area (Å²) < 4.78 is 1.68. The molecule has 0 bridgehead atoms. The van der Waals surface area contributed by atoms with Gasteiger partial charge in [0, 0.05) is 17.3 Å². The SMILES string of the molecule is Cc1cc(=O)n(Cc2ccc(-c3ccccc3-c3nn[nH]n3)cc2)c(C)n1. The molecule has 0 aliphatic carbocycles. The molecule has 134 valence electrons. The smallest absolute Gasteiger partial charge is 0.254 e. The fourth-order valence-corrected chi connectivity index (χ4v) is 3.13. The molecular weight excluding hydrogens is 340 g/mol. The monoisotopic (exact) mass is 358 g/mol. The van der Waals surface area contributed by atoms with Crippen LogP contribution in [0.4, 0.5) is 0 Å². The minimum atomic E-state index is -0.0356. The molecule has 4 aromatic rings. The molecule has 0 fully saturated rings. The van der Waals surface area contributed by atoms with Crippen LogP contribution in [-0.2, 0) is 6.54 Å². The van der Waals surface area contributed by atoms with Gasteiger partial charge in [0.25, 0.3) is 5.56 Å². The highest BCUT2D eigenvalue weighted by Gasteiger charge is 2.11. The van der Waals surface area contributed by atoms with Crippen LogP contribution < -0.4 is 5.56 Å². The van der Waals surface area contributed by atoms with Gasteiger partial charge >= 0.3 is 0 Å². The van der Waals surface area contributed by atoms with Crippen molar-refractivity contribution in [3.8, 4) is 22.5 Å². The van der Waals surface area contributed by atoms with Crippen molar-refractivity contribution in [3.05, 3.63) is 82.0 Å². The van der Waals surface area contributed by atoms with E-state index in [1.165, 1.54) is 0 Å². The Morgan fingerprint density at radius 3 is 2.41 bits per heavy atom. The van der Waals surface area contributed by atoms with E-state index in [0.29, 0.717) is 18.2 Å². The molecule has 0 atom stereocenters. The molecule has 27 heavy (non-hydrogen) atoms. The van der Waals surface area contributed by atoms with Crippen molar-refractivity contribution < 1.29 is 0 Å². The summed E-state index contributed by atoms with van der Waals surface area (Å²) in [6.07, 6.45) is 0. The zero-order chi connectivity index (χ0) is 18.8. The number of aromatic nitrogens is 6. The standard InChI is InChI=1S/C20H18N6O/c1-13-11-19(27)26(14(2)21-13)12-15-7-9-16(10-8-15)17-5-3-4-6-18(17)20-22-24-25-23-20/h3-11H,12H2,1-2H3,(H,22,23,24,25). The van der Waals surface area contributed by atoms with E-state index in [9.17, 15) is 4.79 Å². The lowest BCUT2D eigenvalue weighted by Gasteiger charge is -2.11. The van der Waals surface area contributed by atoms with Gasteiger partial charge < -0.3 is 0 Å². The zero-order valence-corrected chi connectivity index (χ0v) is 15.0. The molecule has 0 aliphatic heterocycles. The quantitative estimate of drug-likeness (QED) is 0.606. The van der Waals surface area contributed by atoms with Crippen LogP contribution in [0.15, 0.2) is 59.4 Å². The summed E-state index contributed by atoms with van der Waals surface area (Å²) in [5, 5.41) is 14.3. The maximum Gasteiger partial charge on any atom is 0.254 e. The number of hydrogen-bond donors (Lipinski definition) is 1. The van der Waals surface area contributed by atoms with Crippen LogP contribution in [0, 0.1) is 13.8 Å². The van der Waals surface area contributed by atoms with Crippen molar-refractivity contribution in [1.29, 1.82) is 0 Å². The molecule has 7 heteroatoms. The van der Waals surface area contributed by atoms with Gasteiger partial charge in [-0.2, -0.15) is 5.21 Å². The van der Waals surface area contributed by atoms with E-state index in [1.54, 1.807) is 10.6 Å². The van der Waals surface area contributed by atoms with Crippen molar-refractivity contribution in [2.24, 2.45) is 0 Å². The first kappa shape index (κ1) is 16.8. The Morgan fingerprint density at radius 1 is 1.00 bits per heavy atom. The minimum absolute atomic E-state index is 0.0356. The summed E-state index contributed by atoms with van der Waals surface area (Å²) in [6.45, 7) is 4.17. The first-order valence-corrected chi connectivity index (χ1v) is 8.59. The molecule has 2 aromatic heterocycles. The molecule has 0 saturated heterocycles. The highest BCUT2D eigenvalue weighted by atomic mass is 16.1. The van der Waals surface area contributed by atoms with Crippen LogP contribution in [0.5, 0.6) is 0 Å². The van der Waals surface area contributed by atoms with Gasteiger partial charge in [-0.25, -0.2) is 4.98 Å². The molecule has 0 spiro atoms. The highest BCUT2D eigenvalue weighted by molar-refractivity contribution is 5.80. The van der Waals surface area contributed by atoms with Crippen LogP contribution in [0.25, 0.3) is 22.5 Å². The van der Waals surface area contributed by atoms with Gasteiger partial charge in [-0.1, -0.05) is 48.5 Å². The van der Waals surface area contributed by atoms with Crippen LogP contribution in [0.3, 0.4) is 0 Å². The third kappa shape index (κ3) is 3.39. The number of nitrogens with one attached hydrogen (secondary N) is 1. The second-order valence-corrected chi connectivity index (χ2v) is 6.35. The Kier molecular flexibility index (Phi) is 4.33. The Labute approximate surface area is 155 Å². The molecule has 1 N–H and O–H groups in total. The van der Waals surface area contributed by atoms with Gasteiger partial charge in [-0.05, 0) is 35.8 Å². The van der Waals surface area contributed by atoms with Crippen molar-refractivity contribution in [3.63, 3.8) is 0 Å². The first-order valence-electron chi connectivity index (χ1n) is 8.59. The fourth-order valence-electron chi connectivity index (χ4n) is 3.13. The molecule has 0 amide bonds. The van der Waals surface area contributed by atoms with E-state index in [0.717, 1.165) is 27.9 Å². The lowest BCUT2D eigenvalue weighted by molar-refractivity contribution is 0.694. The van der Waals surface area contributed by atoms with Gasteiger partial charge in [0.05, 0.1) is 6.54 Å². The first-order chi connectivity index (χ1) is 13.1. The molecule has 0 unspecified atom stereocenters.